The molecule has 1 aromatic rings. The molecule has 0 aliphatic carbocycles. The molecule has 1 N–H and O–H groups in total. The molecule has 0 spiro atoms. The molecule has 0 bridgehead atoms. The molecule has 0 saturated carbocycles. The van der Waals surface area contributed by atoms with E-state index in [-0.39, 0.29) is 11.6 Å². The van der Waals surface area contributed by atoms with Gasteiger partial charge in [0.1, 0.15) is 5.69 Å². The van der Waals surface area contributed by atoms with Crippen LogP contribution in [-0.4, -0.2) is 21.6 Å². The number of aromatic nitrogens is 1. The van der Waals surface area contributed by atoms with E-state index < -0.39 is 5.97 Å². The Bertz CT molecular complexity index is 392. The van der Waals surface area contributed by atoms with Gasteiger partial charge in [-0.2, -0.15) is 0 Å². The van der Waals surface area contributed by atoms with Gasteiger partial charge in [0.2, 0.25) is 5.91 Å². The van der Waals surface area contributed by atoms with Crippen molar-refractivity contribution in [3.05, 3.63) is 23.5 Å². The van der Waals surface area contributed by atoms with Gasteiger partial charge in [0.15, 0.2) is 0 Å². The average molecular weight is 193 g/mol. The van der Waals surface area contributed by atoms with Gasteiger partial charge in [-0.25, -0.2) is 4.79 Å². The molecule has 0 unspecified atom stereocenters. The molecule has 1 aliphatic heterocycles. The highest BCUT2D eigenvalue weighted by Gasteiger charge is 2.21. The molecule has 0 aromatic carbocycles. The van der Waals surface area contributed by atoms with Crippen LogP contribution in [0.25, 0.3) is 0 Å². The smallest absolute Gasteiger partial charge is 0.352 e. The summed E-state index contributed by atoms with van der Waals surface area (Å²) in [5.74, 6) is -1.13. The topological polar surface area (TPSA) is 59.3 Å². The van der Waals surface area contributed by atoms with Gasteiger partial charge in [-0.1, -0.05) is 0 Å². The molecule has 1 aromatic heterocycles. The van der Waals surface area contributed by atoms with Crippen LogP contribution >= 0.6 is 0 Å². The van der Waals surface area contributed by atoms with Crippen molar-refractivity contribution in [3.63, 3.8) is 0 Å². The van der Waals surface area contributed by atoms with Crippen LogP contribution in [0.1, 0.15) is 40.2 Å². The minimum atomic E-state index is -1.04. The molecule has 4 heteroatoms. The third-order valence-electron chi connectivity index (χ3n) is 2.50. The first kappa shape index (κ1) is 8.99. The van der Waals surface area contributed by atoms with Crippen LogP contribution in [0.3, 0.4) is 0 Å². The number of fused-ring (bicyclic) bond motifs is 1. The summed E-state index contributed by atoms with van der Waals surface area (Å²) < 4.78 is 1.34. The predicted octanol–water partition coefficient (Wildman–Crippen LogP) is 1.55. The lowest BCUT2D eigenvalue weighted by molar-refractivity contribution is 0.0672. The first-order chi connectivity index (χ1) is 6.70. The minimum absolute atomic E-state index is 0.0897. The Hall–Kier alpha value is -1.58. The molecular formula is C10H11NO3. The summed E-state index contributed by atoms with van der Waals surface area (Å²) in [6.45, 7) is 0. The number of carboxylic acid groups (broad SMARTS) is 1. The van der Waals surface area contributed by atoms with Crippen LogP contribution in [0, 0.1) is 0 Å². The van der Waals surface area contributed by atoms with Crippen LogP contribution in [0.4, 0.5) is 0 Å². The Morgan fingerprint density at radius 2 is 2.00 bits per heavy atom. The number of hydrogen-bond donors (Lipinski definition) is 1. The first-order valence-corrected chi connectivity index (χ1v) is 4.67. The Kier molecular flexibility index (Phi) is 2.11. The van der Waals surface area contributed by atoms with Gasteiger partial charge in [0, 0.05) is 12.1 Å². The fourth-order valence-corrected chi connectivity index (χ4v) is 1.83. The zero-order valence-corrected chi connectivity index (χ0v) is 7.69. The molecule has 14 heavy (non-hydrogen) atoms. The highest BCUT2D eigenvalue weighted by molar-refractivity contribution is 5.93. The van der Waals surface area contributed by atoms with Crippen LogP contribution in [0.5, 0.6) is 0 Å². The van der Waals surface area contributed by atoms with E-state index in [0.717, 1.165) is 25.0 Å². The lowest BCUT2D eigenvalue weighted by Crippen LogP contribution is -2.17. The van der Waals surface area contributed by atoms with Crippen molar-refractivity contribution >= 4 is 11.9 Å². The minimum Gasteiger partial charge on any atom is -0.477 e. The summed E-state index contributed by atoms with van der Waals surface area (Å²) >= 11 is 0. The van der Waals surface area contributed by atoms with Crippen molar-refractivity contribution in [2.24, 2.45) is 0 Å². The number of rotatable bonds is 1. The second-order valence-corrected chi connectivity index (χ2v) is 3.45. The Labute approximate surface area is 81.2 Å². The van der Waals surface area contributed by atoms with E-state index in [1.807, 2.05) is 0 Å². The summed E-state index contributed by atoms with van der Waals surface area (Å²) in [7, 11) is 0. The van der Waals surface area contributed by atoms with Crippen LogP contribution in [-0.2, 0) is 6.42 Å². The van der Waals surface area contributed by atoms with Gasteiger partial charge in [-0.05, 0) is 31.4 Å². The van der Waals surface area contributed by atoms with E-state index in [1.165, 1.54) is 10.6 Å². The van der Waals surface area contributed by atoms with Gasteiger partial charge < -0.3 is 5.11 Å². The van der Waals surface area contributed by atoms with Crippen LogP contribution in [0.15, 0.2) is 12.1 Å². The second kappa shape index (κ2) is 3.29. The van der Waals surface area contributed by atoms with Gasteiger partial charge in [0.25, 0.3) is 0 Å². The molecule has 2 heterocycles. The lowest BCUT2D eigenvalue weighted by Gasteiger charge is -2.04. The van der Waals surface area contributed by atoms with E-state index in [9.17, 15) is 9.59 Å². The number of nitrogens with zero attached hydrogens (tertiary/aromatic N) is 1. The number of aryl methyl sites for hydroxylation is 1. The van der Waals surface area contributed by atoms with Crippen molar-refractivity contribution < 1.29 is 14.7 Å². The van der Waals surface area contributed by atoms with Gasteiger partial charge in [-0.3, -0.25) is 9.36 Å². The molecule has 74 valence electrons. The summed E-state index contributed by atoms with van der Waals surface area (Å²) in [5.41, 5.74) is 0.914. The third kappa shape index (κ3) is 1.32. The summed E-state index contributed by atoms with van der Waals surface area (Å²) in [6, 6.07) is 3.23. The SMILES string of the molecule is O=C(O)c1ccc2n1C(=O)CCCC2. The maximum atomic E-state index is 11.6. The maximum Gasteiger partial charge on any atom is 0.352 e. The highest BCUT2D eigenvalue weighted by Crippen LogP contribution is 2.18. The highest BCUT2D eigenvalue weighted by atomic mass is 16.4. The zero-order valence-electron chi connectivity index (χ0n) is 7.69. The first-order valence-electron chi connectivity index (χ1n) is 4.67. The Morgan fingerprint density at radius 3 is 2.71 bits per heavy atom. The van der Waals surface area contributed by atoms with E-state index in [2.05, 4.69) is 0 Å². The molecular weight excluding hydrogens is 182 g/mol. The van der Waals surface area contributed by atoms with Gasteiger partial charge >= 0.3 is 5.97 Å². The average Bonchev–Trinajstić information content (AvgIpc) is 2.48. The Balaban J connectivity index is 2.52. The van der Waals surface area contributed by atoms with Gasteiger partial charge in [-0.15, -0.1) is 0 Å². The van der Waals surface area contributed by atoms with Crippen molar-refractivity contribution in [3.8, 4) is 0 Å². The number of carbonyl (C=O) groups is 2. The molecule has 2 rings (SSSR count). The second-order valence-electron chi connectivity index (χ2n) is 3.45. The Morgan fingerprint density at radius 1 is 1.29 bits per heavy atom. The standard InChI is InChI=1S/C10H11NO3/c12-9-4-2-1-3-7-5-6-8(10(13)14)11(7)9/h5-6H,1-4H2,(H,13,14). The number of aromatic carboxylic acids is 1. The van der Waals surface area contributed by atoms with E-state index in [4.69, 9.17) is 5.11 Å². The van der Waals surface area contributed by atoms with Gasteiger partial charge in [0.05, 0.1) is 0 Å². The normalized spacial score (nSPS) is 16.1. The summed E-state index contributed by atoms with van der Waals surface area (Å²) in [5, 5.41) is 8.87. The lowest BCUT2D eigenvalue weighted by atomic mass is 10.2. The summed E-state index contributed by atoms with van der Waals surface area (Å²) in [6.07, 6.45) is 3.04. The van der Waals surface area contributed by atoms with Crippen molar-refractivity contribution in [1.29, 1.82) is 0 Å². The summed E-state index contributed by atoms with van der Waals surface area (Å²) in [4.78, 5) is 22.4. The van der Waals surface area contributed by atoms with Crippen molar-refractivity contribution in [2.75, 3.05) is 0 Å². The largest absolute Gasteiger partial charge is 0.477 e. The molecule has 0 fully saturated rings. The van der Waals surface area contributed by atoms with Crippen LogP contribution < -0.4 is 0 Å². The molecule has 4 nitrogen and oxygen atoms in total. The van der Waals surface area contributed by atoms with Crippen molar-refractivity contribution in [2.45, 2.75) is 25.7 Å². The molecule has 0 saturated heterocycles. The molecule has 0 atom stereocenters. The monoisotopic (exact) mass is 193 g/mol. The molecule has 1 aliphatic rings. The van der Waals surface area contributed by atoms with Crippen LogP contribution in [0.2, 0.25) is 0 Å². The fourth-order valence-electron chi connectivity index (χ4n) is 1.83. The maximum absolute atomic E-state index is 11.6. The van der Waals surface area contributed by atoms with E-state index in [0.29, 0.717) is 6.42 Å². The van der Waals surface area contributed by atoms with E-state index >= 15 is 0 Å². The van der Waals surface area contributed by atoms with E-state index in [1.54, 1.807) is 6.07 Å². The number of carbonyl (C=O) groups excluding carboxylic acids is 1. The number of carboxylic acids is 1. The molecule has 0 amide bonds. The number of hydrogen-bond acceptors (Lipinski definition) is 2. The fraction of sp³-hybridized carbons (Fsp3) is 0.400. The third-order valence-corrected chi connectivity index (χ3v) is 2.50. The quantitative estimate of drug-likeness (QED) is 0.736. The zero-order chi connectivity index (χ0) is 10.1. The predicted molar refractivity (Wildman–Crippen MR) is 49.6 cm³/mol. The van der Waals surface area contributed by atoms with Crippen molar-refractivity contribution in [1.82, 2.24) is 4.57 Å². The molecule has 0 radical (unpaired) electrons.